The van der Waals surface area contributed by atoms with E-state index in [1.165, 1.54) is 27.5 Å². The Labute approximate surface area is 182 Å². The summed E-state index contributed by atoms with van der Waals surface area (Å²) in [5, 5.41) is 19.7. The fraction of sp³-hybridized carbons (Fsp3) is 0.115. The van der Waals surface area contributed by atoms with E-state index in [0.29, 0.717) is 0 Å². The first-order valence-electron chi connectivity index (χ1n) is 9.96. The number of hydrogen-bond donors (Lipinski definition) is 1. The first-order chi connectivity index (χ1) is 14.3. The molecule has 148 valence electrons. The van der Waals surface area contributed by atoms with Gasteiger partial charge in [0.15, 0.2) is 0 Å². The maximum absolute atomic E-state index is 8.42. The molecule has 2 aliphatic rings. The van der Waals surface area contributed by atoms with Gasteiger partial charge >= 0.3 is 0 Å². The second-order valence-electron chi connectivity index (χ2n) is 7.41. The molecule has 0 radical (unpaired) electrons. The van der Waals surface area contributed by atoms with Gasteiger partial charge < -0.3 is 5.41 Å². The van der Waals surface area contributed by atoms with Crippen molar-refractivity contribution in [2.24, 2.45) is 0 Å². The largest absolute Gasteiger partial charge is 0.304 e. The van der Waals surface area contributed by atoms with E-state index in [1.807, 2.05) is 30.3 Å². The fourth-order valence-electron chi connectivity index (χ4n) is 4.23. The Hall–Kier alpha value is -3.30. The van der Waals surface area contributed by atoms with E-state index in [2.05, 4.69) is 58.7 Å². The molecule has 4 aromatic rings. The number of fused-ring (bicyclic) bond motifs is 5. The third-order valence-electron chi connectivity index (χ3n) is 5.61. The summed E-state index contributed by atoms with van der Waals surface area (Å²) in [6.45, 7) is 0. The topological polar surface area (TPSA) is 49.6 Å². The van der Waals surface area contributed by atoms with Crippen LogP contribution in [0.4, 0.5) is 0 Å². The van der Waals surface area contributed by atoms with Crippen LogP contribution < -0.4 is 0 Å². The van der Waals surface area contributed by atoms with Gasteiger partial charge in [-0.2, -0.15) is 10.2 Å². The molecule has 4 heteroatoms. The van der Waals surface area contributed by atoms with Gasteiger partial charge in [-0.15, -0.1) is 12.4 Å². The molecular weight excluding hydrogens is 390 g/mol. The smallest absolute Gasteiger partial charge is 0.0929 e. The molecule has 0 spiro atoms. The summed E-state index contributed by atoms with van der Waals surface area (Å²) < 4.78 is 0. The van der Waals surface area contributed by atoms with Crippen molar-refractivity contribution in [2.45, 2.75) is 19.3 Å². The quantitative estimate of drug-likeness (QED) is 0.347. The number of nitrogens with one attached hydrogen (secondary N) is 1. The normalized spacial score (nSPS) is 14.5. The lowest BCUT2D eigenvalue weighted by molar-refractivity contribution is 0.935. The molecule has 0 saturated carbocycles. The highest BCUT2D eigenvalue weighted by molar-refractivity contribution is 6.17. The van der Waals surface area contributed by atoms with Crippen molar-refractivity contribution in [3.8, 4) is 0 Å². The molecule has 0 aliphatic heterocycles. The van der Waals surface area contributed by atoms with Gasteiger partial charge in [-0.3, -0.25) is 0 Å². The van der Waals surface area contributed by atoms with Gasteiger partial charge in [-0.05, 0) is 46.9 Å². The number of benzene rings is 3. The van der Waals surface area contributed by atoms with E-state index in [9.17, 15) is 0 Å². The van der Waals surface area contributed by atoms with E-state index in [1.54, 1.807) is 6.20 Å². The van der Waals surface area contributed by atoms with Gasteiger partial charge in [0.1, 0.15) is 0 Å². The molecule has 3 nitrogen and oxygen atoms in total. The van der Waals surface area contributed by atoms with Crippen LogP contribution in [0.1, 0.15) is 30.4 Å². The van der Waals surface area contributed by atoms with Crippen molar-refractivity contribution in [3.63, 3.8) is 0 Å². The number of nitrogens with zero attached hydrogens (tertiary/aromatic N) is 2. The fourth-order valence-corrected chi connectivity index (χ4v) is 4.23. The molecule has 0 atom stereocenters. The van der Waals surface area contributed by atoms with Crippen molar-refractivity contribution in [3.05, 3.63) is 102 Å². The van der Waals surface area contributed by atoms with Crippen LogP contribution in [0.2, 0.25) is 0 Å². The number of allylic oxidation sites excluding steroid dienone is 4. The average Bonchev–Trinajstić information content (AvgIpc) is 2.79. The summed E-state index contributed by atoms with van der Waals surface area (Å²) in [5.41, 5.74) is 6.92. The molecule has 2 aliphatic carbocycles. The minimum absolute atomic E-state index is 0. The Bertz CT molecular complexity index is 1240. The summed E-state index contributed by atoms with van der Waals surface area (Å²) >= 11 is 0. The summed E-state index contributed by atoms with van der Waals surface area (Å²) in [6.07, 6.45) is 9.25. The molecule has 0 saturated heterocycles. The van der Waals surface area contributed by atoms with Gasteiger partial charge in [0, 0.05) is 23.1 Å². The van der Waals surface area contributed by atoms with E-state index in [4.69, 9.17) is 5.41 Å². The summed E-state index contributed by atoms with van der Waals surface area (Å²) in [5.74, 6) is 0. The van der Waals surface area contributed by atoms with Crippen LogP contribution in [-0.4, -0.2) is 15.9 Å². The minimum atomic E-state index is 0. The third kappa shape index (κ3) is 3.64. The standard InChI is InChI=1S/C18H15N.C8H6N2.ClH/c19-17-11-13-6-2-3-7-14(13)16-10-9-12-5-1-4-8-15(12)18(16)17;1-2-4-8-7(3-1)5-6-9-10-8;/h1,3-5,7-10,19H,2,6,11H2;1-6H;1H. The summed E-state index contributed by atoms with van der Waals surface area (Å²) in [4.78, 5) is 0. The van der Waals surface area contributed by atoms with Crippen LogP contribution in [-0.2, 0) is 0 Å². The Morgan fingerprint density at radius 2 is 1.63 bits per heavy atom. The zero-order chi connectivity index (χ0) is 19.6. The maximum atomic E-state index is 8.42. The Morgan fingerprint density at radius 1 is 0.833 bits per heavy atom. The SMILES string of the molecule is Cl.N=C1CC2=C(C=CCC2)c2ccc3ccccc3c21.c1ccc2nnccc2c1. The summed E-state index contributed by atoms with van der Waals surface area (Å²) in [7, 11) is 0. The molecule has 6 rings (SSSR count). The van der Waals surface area contributed by atoms with Gasteiger partial charge in [0.25, 0.3) is 0 Å². The van der Waals surface area contributed by atoms with Crippen molar-refractivity contribution < 1.29 is 0 Å². The maximum Gasteiger partial charge on any atom is 0.0929 e. The van der Waals surface area contributed by atoms with Crippen LogP contribution >= 0.6 is 12.4 Å². The number of aromatic nitrogens is 2. The van der Waals surface area contributed by atoms with Crippen molar-refractivity contribution >= 4 is 45.4 Å². The van der Waals surface area contributed by atoms with Gasteiger partial charge in [0.05, 0.1) is 11.7 Å². The zero-order valence-corrected chi connectivity index (χ0v) is 17.3. The van der Waals surface area contributed by atoms with Crippen LogP contribution in [0.15, 0.2) is 90.7 Å². The lowest BCUT2D eigenvalue weighted by atomic mass is 9.78. The molecule has 0 fully saturated rings. The lowest BCUT2D eigenvalue weighted by Gasteiger charge is -2.26. The van der Waals surface area contributed by atoms with Crippen LogP contribution in [0.5, 0.6) is 0 Å². The van der Waals surface area contributed by atoms with Crippen molar-refractivity contribution in [1.29, 1.82) is 5.41 Å². The molecule has 30 heavy (non-hydrogen) atoms. The van der Waals surface area contributed by atoms with Crippen LogP contribution in [0.3, 0.4) is 0 Å². The third-order valence-corrected chi connectivity index (χ3v) is 5.61. The second-order valence-corrected chi connectivity index (χ2v) is 7.41. The van der Waals surface area contributed by atoms with E-state index < -0.39 is 0 Å². The van der Waals surface area contributed by atoms with E-state index in [0.717, 1.165) is 41.4 Å². The Kier molecular flexibility index (Phi) is 5.73. The molecule has 0 bridgehead atoms. The highest BCUT2D eigenvalue weighted by Crippen LogP contribution is 2.39. The van der Waals surface area contributed by atoms with Gasteiger partial charge in [-0.1, -0.05) is 72.3 Å². The van der Waals surface area contributed by atoms with E-state index >= 15 is 0 Å². The molecule has 0 amide bonds. The first-order valence-corrected chi connectivity index (χ1v) is 9.96. The molecule has 0 unspecified atom stereocenters. The molecule has 3 aromatic carbocycles. The predicted octanol–water partition coefficient (Wildman–Crippen LogP) is 6.77. The number of halogens is 1. The van der Waals surface area contributed by atoms with Crippen molar-refractivity contribution in [1.82, 2.24) is 10.2 Å². The van der Waals surface area contributed by atoms with Crippen LogP contribution in [0, 0.1) is 5.41 Å². The molecule has 1 heterocycles. The minimum Gasteiger partial charge on any atom is -0.304 e. The molecule has 1 N–H and O–H groups in total. The number of hydrogen-bond acceptors (Lipinski definition) is 3. The first kappa shape index (κ1) is 20.0. The predicted molar refractivity (Wildman–Crippen MR) is 127 cm³/mol. The van der Waals surface area contributed by atoms with E-state index in [-0.39, 0.29) is 12.4 Å². The Morgan fingerprint density at radius 3 is 2.50 bits per heavy atom. The monoisotopic (exact) mass is 411 g/mol. The molecular formula is C26H22ClN3. The highest BCUT2D eigenvalue weighted by atomic mass is 35.5. The average molecular weight is 412 g/mol. The number of rotatable bonds is 0. The highest BCUT2D eigenvalue weighted by Gasteiger charge is 2.23. The molecule has 1 aromatic heterocycles. The zero-order valence-electron chi connectivity index (χ0n) is 16.5. The van der Waals surface area contributed by atoms with Crippen LogP contribution in [0.25, 0.3) is 27.2 Å². The van der Waals surface area contributed by atoms with Gasteiger partial charge in [-0.25, -0.2) is 0 Å². The second kappa shape index (κ2) is 8.60. The van der Waals surface area contributed by atoms with Crippen molar-refractivity contribution in [2.75, 3.05) is 0 Å². The Balaban J connectivity index is 0.000000168. The lowest BCUT2D eigenvalue weighted by Crippen LogP contribution is -2.13. The van der Waals surface area contributed by atoms with Gasteiger partial charge in [0.2, 0.25) is 0 Å². The summed E-state index contributed by atoms with van der Waals surface area (Å²) in [6, 6.07) is 22.6.